The summed E-state index contributed by atoms with van der Waals surface area (Å²) in [4.78, 5) is 11.9. The number of hydrogen-bond donors (Lipinski definition) is 1. The lowest BCUT2D eigenvalue weighted by Gasteiger charge is -2.15. The van der Waals surface area contributed by atoms with Crippen molar-refractivity contribution in [1.82, 2.24) is 14.1 Å². The summed E-state index contributed by atoms with van der Waals surface area (Å²) in [6.07, 6.45) is 4.93. The standard InChI is InChI=1S/C24H22N6O4S2/c31-30(32)22-15-20(36(33,34)28-12-4-5-13-28)10-11-21(22)26-25-16-18-17-29(19-7-2-1-3-8-19)27-24(18)23-9-6-14-35-23/h1-3,6-11,14-17,26H,4-5,12-13H2. The third-order valence-corrected chi connectivity index (χ3v) is 8.55. The molecule has 1 saturated heterocycles. The lowest BCUT2D eigenvalue weighted by molar-refractivity contribution is -0.384. The molecular weight excluding hydrogens is 500 g/mol. The van der Waals surface area contributed by atoms with Crippen LogP contribution in [0, 0.1) is 10.1 Å². The first-order chi connectivity index (χ1) is 17.4. The number of nitro benzene ring substituents is 1. The number of benzene rings is 2. The molecule has 4 aromatic rings. The maximum atomic E-state index is 12.8. The molecule has 36 heavy (non-hydrogen) atoms. The Morgan fingerprint density at radius 3 is 2.56 bits per heavy atom. The molecule has 2 aromatic carbocycles. The van der Waals surface area contributed by atoms with Crippen LogP contribution < -0.4 is 5.43 Å². The van der Waals surface area contributed by atoms with Crippen molar-refractivity contribution in [2.45, 2.75) is 17.7 Å². The van der Waals surface area contributed by atoms with Crippen molar-refractivity contribution >= 4 is 38.9 Å². The van der Waals surface area contributed by atoms with Crippen molar-refractivity contribution in [3.05, 3.63) is 87.9 Å². The number of thiophene rings is 1. The van der Waals surface area contributed by atoms with E-state index in [1.54, 1.807) is 22.2 Å². The van der Waals surface area contributed by atoms with Crippen LogP contribution in [0.1, 0.15) is 18.4 Å². The quantitative estimate of drug-likeness (QED) is 0.203. The van der Waals surface area contributed by atoms with Crippen molar-refractivity contribution in [2.24, 2.45) is 5.10 Å². The maximum absolute atomic E-state index is 12.8. The van der Waals surface area contributed by atoms with Crippen molar-refractivity contribution < 1.29 is 13.3 Å². The fourth-order valence-corrected chi connectivity index (χ4v) is 6.23. The molecule has 12 heteroatoms. The molecule has 1 fully saturated rings. The maximum Gasteiger partial charge on any atom is 0.295 e. The van der Waals surface area contributed by atoms with Crippen LogP contribution in [0.5, 0.6) is 0 Å². The number of nitrogens with zero attached hydrogens (tertiary/aromatic N) is 5. The number of nitro groups is 1. The average Bonchev–Trinajstić information content (AvgIpc) is 3.67. The minimum Gasteiger partial charge on any atom is -0.272 e. The number of aromatic nitrogens is 2. The average molecular weight is 523 g/mol. The van der Waals surface area contributed by atoms with Gasteiger partial charge in [-0.1, -0.05) is 24.3 Å². The van der Waals surface area contributed by atoms with Crippen LogP contribution in [0.4, 0.5) is 11.4 Å². The molecule has 10 nitrogen and oxygen atoms in total. The Labute approximate surface area is 211 Å². The van der Waals surface area contributed by atoms with E-state index in [0.29, 0.717) is 18.7 Å². The van der Waals surface area contributed by atoms with Gasteiger partial charge in [-0.05, 0) is 48.6 Å². The number of hydrogen-bond acceptors (Lipinski definition) is 8. The minimum atomic E-state index is -3.78. The first kappa shape index (κ1) is 23.9. The van der Waals surface area contributed by atoms with Gasteiger partial charge in [-0.25, -0.2) is 13.1 Å². The van der Waals surface area contributed by atoms with Crippen LogP contribution in [0.25, 0.3) is 16.3 Å². The molecule has 5 rings (SSSR count). The molecule has 1 aliphatic heterocycles. The van der Waals surface area contributed by atoms with E-state index >= 15 is 0 Å². The number of para-hydroxylation sites is 1. The van der Waals surface area contributed by atoms with Gasteiger partial charge in [-0.2, -0.15) is 14.5 Å². The molecule has 0 spiro atoms. The third-order valence-electron chi connectivity index (χ3n) is 5.78. The lowest BCUT2D eigenvalue weighted by atomic mass is 10.2. The summed E-state index contributed by atoms with van der Waals surface area (Å²) in [6, 6.07) is 17.3. The van der Waals surface area contributed by atoms with Crippen molar-refractivity contribution in [3.8, 4) is 16.3 Å². The highest BCUT2D eigenvalue weighted by Gasteiger charge is 2.29. The Kier molecular flexibility index (Phi) is 6.63. The van der Waals surface area contributed by atoms with Gasteiger partial charge in [0.2, 0.25) is 10.0 Å². The predicted octanol–water partition coefficient (Wildman–Crippen LogP) is 4.74. The van der Waals surface area contributed by atoms with Gasteiger partial charge in [0.05, 0.1) is 26.6 Å². The molecule has 0 atom stereocenters. The van der Waals surface area contributed by atoms with Crippen LogP contribution in [0.15, 0.2) is 82.2 Å². The normalized spacial score (nSPS) is 14.4. The molecular formula is C24H22N6O4S2. The SMILES string of the molecule is O=[N+]([O-])c1cc(S(=O)(=O)N2CCCC2)ccc1NN=Cc1cn(-c2ccccc2)nc1-c1cccs1. The van der Waals surface area contributed by atoms with Gasteiger partial charge < -0.3 is 0 Å². The number of anilines is 1. The van der Waals surface area contributed by atoms with Crippen LogP contribution in [0.3, 0.4) is 0 Å². The highest BCUT2D eigenvalue weighted by atomic mass is 32.2. The number of rotatable bonds is 8. The fraction of sp³-hybridized carbons (Fsp3) is 0.167. The molecule has 3 heterocycles. The first-order valence-electron chi connectivity index (χ1n) is 11.2. The number of nitrogens with one attached hydrogen (secondary N) is 1. The van der Waals surface area contributed by atoms with Gasteiger partial charge in [0.1, 0.15) is 11.4 Å². The highest BCUT2D eigenvalue weighted by Crippen LogP contribution is 2.31. The van der Waals surface area contributed by atoms with E-state index in [1.807, 2.05) is 54.0 Å². The molecule has 1 aliphatic rings. The summed E-state index contributed by atoms with van der Waals surface area (Å²) in [5, 5.41) is 22.6. The molecule has 0 amide bonds. The van der Waals surface area contributed by atoms with Crippen LogP contribution in [-0.2, 0) is 10.0 Å². The summed E-state index contributed by atoms with van der Waals surface area (Å²) in [5.74, 6) is 0. The van der Waals surface area contributed by atoms with Gasteiger partial charge in [0, 0.05) is 30.9 Å². The number of hydrazone groups is 1. The van der Waals surface area contributed by atoms with Gasteiger partial charge >= 0.3 is 0 Å². The van der Waals surface area contributed by atoms with Crippen molar-refractivity contribution in [2.75, 3.05) is 18.5 Å². The van der Waals surface area contributed by atoms with Gasteiger partial charge in [0.25, 0.3) is 5.69 Å². The number of sulfonamides is 1. The Morgan fingerprint density at radius 1 is 1.08 bits per heavy atom. The Balaban J connectivity index is 1.43. The fourth-order valence-electron chi connectivity index (χ4n) is 3.97. The zero-order chi connectivity index (χ0) is 25.1. The molecule has 0 saturated carbocycles. The summed E-state index contributed by atoms with van der Waals surface area (Å²) < 4.78 is 28.8. The summed E-state index contributed by atoms with van der Waals surface area (Å²) in [7, 11) is -3.78. The second-order valence-electron chi connectivity index (χ2n) is 8.11. The zero-order valence-electron chi connectivity index (χ0n) is 19.0. The van der Waals surface area contributed by atoms with Gasteiger partial charge in [0.15, 0.2) is 0 Å². The second kappa shape index (κ2) is 10.0. The van der Waals surface area contributed by atoms with E-state index in [2.05, 4.69) is 10.5 Å². The molecule has 1 N–H and O–H groups in total. The second-order valence-corrected chi connectivity index (χ2v) is 11.0. The highest BCUT2D eigenvalue weighted by molar-refractivity contribution is 7.89. The van der Waals surface area contributed by atoms with E-state index < -0.39 is 14.9 Å². The molecule has 2 aromatic heterocycles. The Bertz CT molecular complexity index is 1510. The van der Waals surface area contributed by atoms with Crippen molar-refractivity contribution in [1.29, 1.82) is 0 Å². The zero-order valence-corrected chi connectivity index (χ0v) is 20.7. The predicted molar refractivity (Wildman–Crippen MR) is 139 cm³/mol. The van der Waals surface area contributed by atoms with Crippen LogP contribution in [0.2, 0.25) is 0 Å². The summed E-state index contributed by atoms with van der Waals surface area (Å²) in [5.41, 5.74) is 4.74. The molecule has 0 radical (unpaired) electrons. The van der Waals surface area contributed by atoms with Crippen LogP contribution >= 0.6 is 11.3 Å². The van der Waals surface area contributed by atoms with E-state index in [9.17, 15) is 18.5 Å². The molecule has 0 unspecified atom stereocenters. The van der Waals surface area contributed by atoms with E-state index in [4.69, 9.17) is 5.10 Å². The third kappa shape index (κ3) is 4.78. The van der Waals surface area contributed by atoms with Gasteiger partial charge in [-0.15, -0.1) is 11.3 Å². The van der Waals surface area contributed by atoms with Crippen LogP contribution in [-0.4, -0.2) is 46.7 Å². The topological polar surface area (TPSA) is 123 Å². The monoisotopic (exact) mass is 522 g/mol. The summed E-state index contributed by atoms with van der Waals surface area (Å²) >= 11 is 1.54. The van der Waals surface area contributed by atoms with E-state index in [0.717, 1.165) is 35.2 Å². The Hall–Kier alpha value is -3.87. The smallest absolute Gasteiger partial charge is 0.272 e. The van der Waals surface area contributed by atoms with Crippen molar-refractivity contribution in [3.63, 3.8) is 0 Å². The van der Waals surface area contributed by atoms with Gasteiger partial charge in [-0.3, -0.25) is 15.5 Å². The molecule has 0 aliphatic carbocycles. The molecule has 184 valence electrons. The van der Waals surface area contributed by atoms with E-state index in [1.165, 1.54) is 16.4 Å². The largest absolute Gasteiger partial charge is 0.295 e. The van der Waals surface area contributed by atoms with E-state index in [-0.39, 0.29) is 16.3 Å². The summed E-state index contributed by atoms with van der Waals surface area (Å²) in [6.45, 7) is 0.841. The molecule has 0 bridgehead atoms. The lowest BCUT2D eigenvalue weighted by Crippen LogP contribution is -2.27. The minimum absolute atomic E-state index is 0.0877. The first-order valence-corrected chi connectivity index (χ1v) is 13.5. The Morgan fingerprint density at radius 2 is 1.86 bits per heavy atom.